The Bertz CT molecular complexity index is 3360. The molecule has 1 aromatic carbocycles. The lowest BCUT2D eigenvalue weighted by atomic mass is 9.98. The Hall–Kier alpha value is -5.88. The average Bonchev–Trinajstić information content (AvgIpc) is 0.858. The minimum absolute atomic E-state index is 0.0848. The molecule has 4 saturated heterocycles. The first-order chi connectivity index (χ1) is 67.1. The molecule has 8 amide bonds. The van der Waals surface area contributed by atoms with E-state index in [1.54, 1.807) is 63.7 Å². The van der Waals surface area contributed by atoms with Crippen LogP contribution in [0.2, 0.25) is 0 Å². The summed E-state index contributed by atoms with van der Waals surface area (Å²) in [6.45, 7) is 27.2. The number of phenolic OH excluding ortho intramolecular Hbond substituents is 1. The Labute approximate surface area is 849 Å². The van der Waals surface area contributed by atoms with Crippen LogP contribution in [0.4, 0.5) is 0 Å². The van der Waals surface area contributed by atoms with Crippen molar-refractivity contribution in [1.82, 2.24) is 62.1 Å². The number of aromatic hydroxyl groups is 1. The van der Waals surface area contributed by atoms with Gasteiger partial charge in [-0.05, 0) is 205 Å². The first-order valence-corrected chi connectivity index (χ1v) is 56.7. The molecule has 4 fully saturated rings. The van der Waals surface area contributed by atoms with E-state index in [1.807, 2.05) is 20.1 Å². The number of aliphatic carboxylic acids is 1. The monoisotopic (exact) mass is 2000 g/mol. The number of carbonyl (C=O) groups excluding carboxylic acids is 8. The van der Waals surface area contributed by atoms with Crippen LogP contribution in [0.15, 0.2) is 24.3 Å². The van der Waals surface area contributed by atoms with Gasteiger partial charge in [0.2, 0.25) is 47.3 Å². The van der Waals surface area contributed by atoms with Gasteiger partial charge in [0.05, 0.1) is 55.3 Å². The summed E-state index contributed by atoms with van der Waals surface area (Å²) in [7, 11) is 0. The van der Waals surface area contributed by atoms with E-state index >= 15 is 0 Å². The lowest BCUT2D eigenvalue weighted by molar-refractivity contribution is -0.143. The SMILES string of the molecule is CCCCCCCCCCC(O)CN(CCCCC1NC(=O)C(CC(=O)O)NC1=O)CC(C)O.CCCCCCCCCCC(O)CN(CCCCC1NC(=O)C(CC(C)C)NC1=O)CC(C)O.CCCCCCCCCCC(O)CN(CCCCC1NC(=O)C(CCSC)NC1=O)CC(C)O.CCCCCCCCCCC(O)CN(CCCCC1NC(=O)C(Cc2ccc(O)cc2)NC1=O)CC(C)O. The Kier molecular flexibility index (Phi) is 76.4. The highest BCUT2D eigenvalue weighted by atomic mass is 32.2. The number of nitrogens with zero attached hydrogens (tertiary/aromatic N) is 4. The lowest BCUT2D eigenvalue weighted by Crippen LogP contribution is -2.62. The summed E-state index contributed by atoms with van der Waals surface area (Å²) in [5.74, 6) is -1.32. The Morgan fingerprint density at radius 1 is 0.300 bits per heavy atom. The average molecular weight is 2000 g/mol. The van der Waals surface area contributed by atoms with Crippen LogP contribution in [0.25, 0.3) is 0 Å². The molecular formula is C108H202N12O19S. The molecule has 1 aromatic rings. The summed E-state index contributed by atoms with van der Waals surface area (Å²) in [5.41, 5.74) is 0.865. The maximum absolute atomic E-state index is 12.6. The van der Waals surface area contributed by atoms with E-state index in [9.17, 15) is 89.1 Å². The third-order valence-electron chi connectivity index (χ3n) is 26.5. The van der Waals surface area contributed by atoms with Gasteiger partial charge < -0.3 is 93.6 Å². The zero-order valence-electron chi connectivity index (χ0n) is 88.9. The summed E-state index contributed by atoms with van der Waals surface area (Å²) in [6.07, 6.45) is 51.3. The number of thioether (sulfide) groups is 1. The van der Waals surface area contributed by atoms with Gasteiger partial charge in [-0.15, -0.1) is 0 Å². The molecule has 16 atom stereocenters. The van der Waals surface area contributed by atoms with Crippen molar-refractivity contribution in [1.29, 1.82) is 0 Å². The molecule has 16 unspecified atom stereocenters. The maximum Gasteiger partial charge on any atom is 0.305 e. The number of piperazine rings is 4. The van der Waals surface area contributed by atoms with Crippen LogP contribution in [0.5, 0.6) is 5.75 Å². The van der Waals surface area contributed by atoms with Gasteiger partial charge in [0.1, 0.15) is 54.1 Å². The minimum atomic E-state index is -1.14. The van der Waals surface area contributed by atoms with Gasteiger partial charge in [-0.2, -0.15) is 11.8 Å². The van der Waals surface area contributed by atoms with Crippen LogP contribution in [0.1, 0.15) is 402 Å². The topological polar surface area (TPSA) is 465 Å². The van der Waals surface area contributed by atoms with Crippen LogP contribution < -0.4 is 42.5 Å². The molecule has 4 aliphatic rings. The fourth-order valence-electron chi connectivity index (χ4n) is 18.8. The van der Waals surface area contributed by atoms with Crippen LogP contribution in [-0.4, -0.2) is 312 Å². The second kappa shape index (κ2) is 82.2. The summed E-state index contributed by atoms with van der Waals surface area (Å²) in [6, 6.07) is 2.01. The number of hydrogen-bond donors (Lipinski definition) is 18. The molecule has 0 saturated carbocycles. The van der Waals surface area contributed by atoms with E-state index in [2.05, 4.69) is 89.8 Å². The number of unbranched alkanes of at least 4 members (excludes halogenated alkanes) is 32. The third kappa shape index (κ3) is 67.0. The van der Waals surface area contributed by atoms with Crippen LogP contribution >= 0.6 is 11.8 Å². The number of aliphatic hydroxyl groups is 8. The van der Waals surface area contributed by atoms with E-state index in [0.717, 1.165) is 140 Å². The molecule has 18 N–H and O–H groups in total. The number of benzene rings is 1. The smallest absolute Gasteiger partial charge is 0.305 e. The van der Waals surface area contributed by atoms with Crippen molar-refractivity contribution in [3.05, 3.63) is 29.8 Å². The zero-order chi connectivity index (χ0) is 104. The van der Waals surface area contributed by atoms with Gasteiger partial charge in [0.25, 0.3) is 0 Å². The first kappa shape index (κ1) is 130. The van der Waals surface area contributed by atoms with E-state index in [1.165, 1.54) is 167 Å². The van der Waals surface area contributed by atoms with Gasteiger partial charge in [0.15, 0.2) is 0 Å². The first-order valence-electron chi connectivity index (χ1n) is 55.4. The molecular weight excluding hydrogens is 1800 g/mol. The molecule has 0 radical (unpaired) electrons. The molecule has 4 aliphatic heterocycles. The van der Waals surface area contributed by atoms with E-state index in [-0.39, 0.29) is 59.3 Å². The summed E-state index contributed by atoms with van der Waals surface area (Å²) >= 11 is 1.66. The number of phenols is 1. The van der Waals surface area contributed by atoms with Gasteiger partial charge >= 0.3 is 5.97 Å². The van der Waals surface area contributed by atoms with Gasteiger partial charge in [0, 0.05) is 58.8 Å². The highest BCUT2D eigenvalue weighted by Gasteiger charge is 2.38. The number of aliphatic hydroxyl groups excluding tert-OH is 8. The molecule has 31 nitrogen and oxygen atoms in total. The van der Waals surface area contributed by atoms with Crippen molar-refractivity contribution in [2.24, 2.45) is 5.92 Å². The van der Waals surface area contributed by atoms with Crippen molar-refractivity contribution in [3.63, 3.8) is 0 Å². The van der Waals surface area contributed by atoms with E-state index < -0.39 is 103 Å². The predicted octanol–water partition coefficient (Wildman–Crippen LogP) is 13.1. The fourth-order valence-corrected chi connectivity index (χ4v) is 19.3. The molecule has 0 aromatic heterocycles. The summed E-state index contributed by atoms with van der Waals surface area (Å²) < 4.78 is 0. The van der Waals surface area contributed by atoms with Gasteiger partial charge in [-0.25, -0.2) is 0 Å². The number of hydrogen-bond acceptors (Lipinski definition) is 23. The van der Waals surface area contributed by atoms with Crippen molar-refractivity contribution in [3.8, 4) is 5.75 Å². The van der Waals surface area contributed by atoms with Crippen molar-refractivity contribution >= 4 is 65.0 Å². The number of amides is 8. The standard InChI is InChI=1S/C30H51N3O5.C27H53N3O4.C26H51N3O4S.C25H47N3O6/c1-3-4-5-6-7-8-9-10-13-26(36)22-33(21-23(2)34)19-12-11-14-27-29(37)32-28(30(38)31-27)20-24-15-17-25(35)18-16-24;1-5-6-7-8-9-10-11-12-15-23(32)20-30(19-22(4)31)17-14-13-16-24-26(33)29-25(18-21(2)3)27(34)28-24;1-4-5-6-7-8-9-10-11-14-22(31)20-29(19-21(2)30)17-13-12-15-23-25(32)28-24(16-18-34-3)26(33)27-23;1-3-4-5-6-7-8-9-10-13-20(30)18-28(17-19(2)29)15-12-11-14-21-24(33)27-22(16-23(31)32)25(34)26-21/h15-18,23,26-28,34-36H,3-14,19-22H2,1-2H3,(H,31,38)(H,32,37);21-25,31-32H,5-20H2,1-4H3,(H,28,34)(H,29,33);21-24,30-31H,4-20H2,1-3H3,(H,27,33)(H,28,32);19-22,29-30H,3-18H2,1-2H3,(H,26,34)(H,27,33)(H,31,32). The third-order valence-corrected chi connectivity index (χ3v) is 27.2. The van der Waals surface area contributed by atoms with Crippen LogP contribution in [0.3, 0.4) is 0 Å². The van der Waals surface area contributed by atoms with Gasteiger partial charge in [-0.3, -0.25) is 62.8 Å². The Morgan fingerprint density at radius 2 is 0.529 bits per heavy atom. The van der Waals surface area contributed by atoms with Crippen molar-refractivity contribution in [2.75, 3.05) is 90.5 Å². The number of nitrogens with one attached hydrogen (secondary N) is 8. The largest absolute Gasteiger partial charge is 0.508 e. The van der Waals surface area contributed by atoms with Gasteiger partial charge in [-0.1, -0.05) is 259 Å². The highest BCUT2D eigenvalue weighted by molar-refractivity contribution is 7.98. The summed E-state index contributed by atoms with van der Waals surface area (Å²) in [4.78, 5) is 118. The highest BCUT2D eigenvalue weighted by Crippen LogP contribution is 2.23. The number of rotatable bonds is 81. The Balaban J connectivity index is 0.000000632. The molecule has 4 heterocycles. The summed E-state index contributed by atoms with van der Waals surface area (Å²) in [5, 5.41) is 122. The van der Waals surface area contributed by atoms with Crippen molar-refractivity contribution < 1.29 is 94.2 Å². The molecule has 0 aliphatic carbocycles. The molecule has 5 rings (SSSR count). The molecule has 0 bridgehead atoms. The second-order valence-corrected chi connectivity index (χ2v) is 42.4. The number of carboxylic acids is 1. The number of carbonyl (C=O) groups is 9. The molecule has 32 heteroatoms. The minimum Gasteiger partial charge on any atom is -0.508 e. The van der Waals surface area contributed by atoms with Crippen molar-refractivity contribution in [2.45, 2.75) is 500 Å². The quantitative estimate of drug-likeness (QED) is 0.0269. The molecule has 0 spiro atoms. The van der Waals surface area contributed by atoms with Crippen LogP contribution in [-0.2, 0) is 49.6 Å². The second-order valence-electron chi connectivity index (χ2n) is 41.5. The number of carboxylic acid groups (broad SMARTS) is 1. The molecule has 140 heavy (non-hydrogen) atoms. The van der Waals surface area contributed by atoms with E-state index in [0.29, 0.717) is 116 Å². The molecule has 814 valence electrons. The van der Waals surface area contributed by atoms with E-state index in [4.69, 9.17) is 5.11 Å². The zero-order valence-corrected chi connectivity index (χ0v) is 89.7. The normalized spacial score (nSPS) is 20.0. The maximum atomic E-state index is 12.6. The van der Waals surface area contributed by atoms with Crippen LogP contribution in [0, 0.1) is 5.92 Å². The predicted molar refractivity (Wildman–Crippen MR) is 563 cm³/mol. The lowest BCUT2D eigenvalue weighted by Gasteiger charge is -2.31. The fraction of sp³-hybridized carbons (Fsp3) is 0.861. The Morgan fingerprint density at radius 3 is 0.786 bits per heavy atom.